The third-order valence-electron chi connectivity index (χ3n) is 5.08. The summed E-state index contributed by atoms with van der Waals surface area (Å²) in [5.41, 5.74) is 0.729. The Bertz CT molecular complexity index is 933. The number of sulfone groups is 1. The summed E-state index contributed by atoms with van der Waals surface area (Å²) in [4.78, 5) is 13.1. The van der Waals surface area contributed by atoms with Gasteiger partial charge in [-0.3, -0.25) is 9.48 Å². The van der Waals surface area contributed by atoms with Gasteiger partial charge in [0, 0.05) is 25.6 Å². The van der Waals surface area contributed by atoms with Gasteiger partial charge in [0.05, 0.1) is 15.8 Å². The van der Waals surface area contributed by atoms with Crippen molar-refractivity contribution in [2.24, 2.45) is 13.0 Å². The lowest BCUT2D eigenvalue weighted by molar-refractivity contribution is -0.118. The molecule has 2 aromatic rings. The van der Waals surface area contributed by atoms with Crippen LogP contribution in [0.3, 0.4) is 0 Å². The molecule has 1 aliphatic carbocycles. The fourth-order valence-electron chi connectivity index (χ4n) is 3.70. The molecule has 6 nitrogen and oxygen atoms in total. The first-order valence-electron chi connectivity index (χ1n) is 9.04. The number of halogens is 1. The van der Waals surface area contributed by atoms with E-state index in [1.165, 1.54) is 18.9 Å². The van der Waals surface area contributed by atoms with Crippen LogP contribution < -0.4 is 5.32 Å². The van der Waals surface area contributed by atoms with Crippen molar-refractivity contribution < 1.29 is 13.2 Å². The van der Waals surface area contributed by atoms with E-state index in [4.69, 9.17) is 11.6 Å². The summed E-state index contributed by atoms with van der Waals surface area (Å²) >= 11 is 6.22. The van der Waals surface area contributed by atoms with Gasteiger partial charge in [-0.05, 0) is 30.0 Å². The number of nitrogens with zero attached hydrogens (tertiary/aromatic N) is 2. The van der Waals surface area contributed by atoms with Crippen LogP contribution in [0.5, 0.6) is 0 Å². The molecular weight excluding hydrogens is 386 g/mol. The van der Waals surface area contributed by atoms with Crippen LogP contribution in [-0.2, 0) is 21.7 Å². The van der Waals surface area contributed by atoms with Crippen molar-refractivity contribution in [1.82, 2.24) is 9.78 Å². The van der Waals surface area contributed by atoms with Crippen LogP contribution in [0.15, 0.2) is 35.4 Å². The number of rotatable bonds is 6. The minimum Gasteiger partial charge on any atom is -0.309 e. The molecule has 0 saturated heterocycles. The predicted octanol–water partition coefficient (Wildman–Crippen LogP) is 3.78. The Morgan fingerprint density at radius 1 is 1.33 bits per heavy atom. The van der Waals surface area contributed by atoms with E-state index < -0.39 is 15.8 Å². The Labute approximate surface area is 164 Å². The van der Waals surface area contributed by atoms with Crippen LogP contribution in [0, 0.1) is 5.92 Å². The highest BCUT2D eigenvalue weighted by atomic mass is 35.5. The Morgan fingerprint density at radius 3 is 2.59 bits per heavy atom. The van der Waals surface area contributed by atoms with Crippen LogP contribution in [0.2, 0.25) is 5.02 Å². The Balaban J connectivity index is 1.89. The maximum absolute atomic E-state index is 13.0. The van der Waals surface area contributed by atoms with E-state index in [1.54, 1.807) is 36.1 Å². The van der Waals surface area contributed by atoms with E-state index in [-0.39, 0.29) is 15.8 Å². The molecule has 27 heavy (non-hydrogen) atoms. The number of hydrogen-bond donors (Lipinski definition) is 1. The molecule has 0 bridgehead atoms. The van der Waals surface area contributed by atoms with Crippen LogP contribution in [0.4, 0.5) is 5.82 Å². The maximum Gasteiger partial charge on any atom is 0.233 e. The number of benzene rings is 1. The van der Waals surface area contributed by atoms with Crippen LogP contribution >= 0.6 is 11.6 Å². The molecule has 1 amide bonds. The van der Waals surface area contributed by atoms with Crippen molar-refractivity contribution in [3.05, 3.63) is 41.0 Å². The summed E-state index contributed by atoms with van der Waals surface area (Å²) in [6, 6.07) is 6.53. The molecule has 1 unspecified atom stereocenters. The second-order valence-electron chi connectivity index (χ2n) is 7.26. The zero-order valence-corrected chi connectivity index (χ0v) is 17.1. The van der Waals surface area contributed by atoms with Crippen molar-refractivity contribution in [3.63, 3.8) is 0 Å². The van der Waals surface area contributed by atoms with Crippen molar-refractivity contribution in [1.29, 1.82) is 0 Å². The largest absolute Gasteiger partial charge is 0.309 e. The summed E-state index contributed by atoms with van der Waals surface area (Å²) in [6.45, 7) is 0. The van der Waals surface area contributed by atoms with E-state index in [2.05, 4.69) is 10.4 Å². The predicted molar refractivity (Wildman–Crippen MR) is 106 cm³/mol. The van der Waals surface area contributed by atoms with Gasteiger partial charge in [-0.15, -0.1) is 0 Å². The second kappa shape index (κ2) is 8.02. The molecule has 0 aliphatic heterocycles. The number of amides is 1. The average Bonchev–Trinajstić information content (AvgIpc) is 3.23. The summed E-state index contributed by atoms with van der Waals surface area (Å²) in [5, 5.41) is 7.22. The third kappa shape index (κ3) is 4.90. The average molecular weight is 410 g/mol. The van der Waals surface area contributed by atoms with E-state index in [1.807, 2.05) is 0 Å². The highest BCUT2D eigenvalue weighted by Crippen LogP contribution is 2.36. The van der Waals surface area contributed by atoms with Gasteiger partial charge in [0.15, 0.2) is 15.7 Å². The molecule has 8 heteroatoms. The zero-order valence-electron chi connectivity index (χ0n) is 15.5. The summed E-state index contributed by atoms with van der Waals surface area (Å²) in [7, 11) is -1.62. The smallest absolute Gasteiger partial charge is 0.233 e. The number of aromatic nitrogens is 2. The van der Waals surface area contributed by atoms with Gasteiger partial charge in [-0.2, -0.15) is 5.10 Å². The van der Waals surface area contributed by atoms with Crippen LogP contribution in [-0.4, -0.2) is 30.4 Å². The standard InChI is InChI=1S/C19H24ClN3O3S/c1-23-10-9-18(22-23)21-19(24)15(11-13-5-3-4-6-13)14-7-8-17(16(20)12-14)27(2,25)26/h7-10,12-13,15H,3-6,11H2,1-2H3,(H,21,22,24). The molecule has 1 aromatic heterocycles. The quantitative estimate of drug-likeness (QED) is 0.787. The van der Waals surface area contributed by atoms with Gasteiger partial charge < -0.3 is 5.32 Å². The van der Waals surface area contributed by atoms with Gasteiger partial charge in [-0.1, -0.05) is 43.4 Å². The first kappa shape index (κ1) is 19.9. The molecule has 0 spiro atoms. The van der Waals surface area contributed by atoms with Crippen molar-refractivity contribution in [3.8, 4) is 0 Å². The topological polar surface area (TPSA) is 81.1 Å². The van der Waals surface area contributed by atoms with E-state index in [0.717, 1.165) is 24.7 Å². The minimum atomic E-state index is -3.41. The third-order valence-corrected chi connectivity index (χ3v) is 6.66. The molecule has 1 aliphatic rings. The normalized spacial score (nSPS) is 16.4. The Hall–Kier alpha value is -1.86. The first-order chi connectivity index (χ1) is 12.7. The monoisotopic (exact) mass is 409 g/mol. The first-order valence-corrected chi connectivity index (χ1v) is 11.3. The minimum absolute atomic E-state index is 0.0812. The number of anilines is 1. The highest BCUT2D eigenvalue weighted by molar-refractivity contribution is 7.90. The lowest BCUT2D eigenvalue weighted by atomic mass is 9.87. The van der Waals surface area contributed by atoms with Gasteiger partial charge in [0.1, 0.15) is 0 Å². The molecule has 1 heterocycles. The molecule has 1 fully saturated rings. The fraction of sp³-hybridized carbons (Fsp3) is 0.474. The number of carbonyl (C=O) groups excluding carboxylic acids is 1. The second-order valence-corrected chi connectivity index (χ2v) is 9.66. The molecule has 1 saturated carbocycles. The van der Waals surface area contributed by atoms with E-state index >= 15 is 0 Å². The summed E-state index contributed by atoms with van der Waals surface area (Å²) < 4.78 is 25.3. The number of aryl methyl sites for hydroxylation is 1. The van der Waals surface area contributed by atoms with Crippen LogP contribution in [0.1, 0.15) is 43.6 Å². The Kier molecular flexibility index (Phi) is 5.91. The molecular formula is C19H24ClN3O3S. The van der Waals surface area contributed by atoms with Crippen LogP contribution in [0.25, 0.3) is 0 Å². The maximum atomic E-state index is 13.0. The molecule has 0 radical (unpaired) electrons. The van der Waals surface area contributed by atoms with Gasteiger partial charge in [-0.25, -0.2) is 8.42 Å². The number of carbonyl (C=O) groups is 1. The lowest BCUT2D eigenvalue weighted by Gasteiger charge is -2.21. The SMILES string of the molecule is Cn1ccc(NC(=O)C(CC2CCCC2)c2ccc(S(C)(=O)=O)c(Cl)c2)n1. The molecule has 1 N–H and O–H groups in total. The highest BCUT2D eigenvalue weighted by Gasteiger charge is 2.28. The number of nitrogens with one attached hydrogen (secondary N) is 1. The molecule has 1 aromatic carbocycles. The van der Waals surface area contributed by atoms with Crippen molar-refractivity contribution >= 4 is 33.2 Å². The Morgan fingerprint density at radius 2 is 2.04 bits per heavy atom. The van der Waals surface area contributed by atoms with Gasteiger partial charge in [0.2, 0.25) is 5.91 Å². The summed E-state index contributed by atoms with van der Waals surface area (Å²) in [5.74, 6) is 0.431. The van der Waals surface area contributed by atoms with Crippen molar-refractivity contribution in [2.75, 3.05) is 11.6 Å². The van der Waals surface area contributed by atoms with E-state index in [9.17, 15) is 13.2 Å². The molecule has 3 rings (SSSR count). The molecule has 1 atom stereocenters. The van der Waals surface area contributed by atoms with Crippen molar-refractivity contribution in [2.45, 2.75) is 42.9 Å². The fourth-order valence-corrected chi connectivity index (χ4v) is 5.04. The zero-order chi connectivity index (χ0) is 19.6. The lowest BCUT2D eigenvalue weighted by Crippen LogP contribution is -2.23. The van der Waals surface area contributed by atoms with Gasteiger partial charge >= 0.3 is 0 Å². The number of hydrogen-bond acceptors (Lipinski definition) is 4. The van der Waals surface area contributed by atoms with Gasteiger partial charge in [0.25, 0.3) is 0 Å². The summed E-state index contributed by atoms with van der Waals surface area (Å²) in [6.07, 6.45) is 8.20. The molecule has 146 valence electrons. The van der Waals surface area contributed by atoms with E-state index in [0.29, 0.717) is 18.2 Å².